The third kappa shape index (κ3) is 4.05. The molecule has 0 aliphatic carbocycles. The summed E-state index contributed by atoms with van der Waals surface area (Å²) in [4.78, 5) is 0. The lowest BCUT2D eigenvalue weighted by Gasteiger charge is -2.29. The summed E-state index contributed by atoms with van der Waals surface area (Å²) in [5.74, 6) is -8.88. The zero-order valence-electron chi connectivity index (χ0n) is 12.5. The topological polar surface area (TPSA) is 38.7 Å². The number of hydrogen-bond donors (Lipinski definition) is 1. The van der Waals surface area contributed by atoms with Gasteiger partial charge in [0.15, 0.2) is 0 Å². The van der Waals surface area contributed by atoms with E-state index in [9.17, 15) is 22.0 Å². The molecule has 8 heteroatoms. The van der Waals surface area contributed by atoms with Crippen molar-refractivity contribution in [1.29, 1.82) is 0 Å². The van der Waals surface area contributed by atoms with Crippen molar-refractivity contribution in [3.63, 3.8) is 0 Å². The maximum absolute atomic E-state index is 13.4. The van der Waals surface area contributed by atoms with Gasteiger partial charge in [0.25, 0.3) is 0 Å². The van der Waals surface area contributed by atoms with Gasteiger partial charge in [-0.25, -0.2) is 8.78 Å². The molecule has 2 atom stereocenters. The molecule has 0 spiro atoms. The number of hydrogen-bond acceptors (Lipinski definition) is 3. The van der Waals surface area contributed by atoms with E-state index in [-0.39, 0.29) is 6.61 Å². The number of halogens is 5. The predicted molar refractivity (Wildman–Crippen MR) is 69.4 cm³/mol. The van der Waals surface area contributed by atoms with Crippen LogP contribution in [-0.4, -0.2) is 42.3 Å². The molecule has 0 saturated carbocycles. The molecule has 1 saturated heterocycles. The molecular weight excluding hydrogens is 311 g/mol. The molecule has 0 bridgehead atoms. The summed E-state index contributed by atoms with van der Waals surface area (Å²) in [6, 6.07) is 0. The summed E-state index contributed by atoms with van der Waals surface area (Å²) in [6.07, 6.45) is -4.83. The maximum Gasteiger partial charge on any atom is 0.449 e. The van der Waals surface area contributed by atoms with E-state index in [0.717, 1.165) is 11.1 Å². The standard InChI is InChI=1S/C14H19F5O3/c1-4-10(5-9(2)3)7-21-8-11-6-12(15,16)13(20,22-11)14(17,18)19/h4-5,11,20H,6-8H2,1-3H3/b10-4+. The maximum atomic E-state index is 13.4. The van der Waals surface area contributed by atoms with Gasteiger partial charge in [-0.2, -0.15) is 13.2 Å². The molecule has 0 aromatic heterocycles. The Bertz CT molecular complexity index is 452. The van der Waals surface area contributed by atoms with Gasteiger partial charge in [0.05, 0.1) is 19.3 Å². The van der Waals surface area contributed by atoms with E-state index in [0.29, 0.717) is 0 Å². The van der Waals surface area contributed by atoms with Crippen molar-refractivity contribution >= 4 is 0 Å². The summed E-state index contributed by atoms with van der Waals surface area (Å²) in [5.41, 5.74) is 1.75. The van der Waals surface area contributed by atoms with Gasteiger partial charge in [0.2, 0.25) is 0 Å². The highest BCUT2D eigenvalue weighted by Crippen LogP contribution is 2.50. The fourth-order valence-electron chi connectivity index (χ4n) is 2.05. The first-order valence-corrected chi connectivity index (χ1v) is 6.65. The monoisotopic (exact) mass is 330 g/mol. The number of aliphatic hydroxyl groups is 1. The molecule has 3 nitrogen and oxygen atoms in total. The fraction of sp³-hybridized carbons (Fsp3) is 0.714. The first-order valence-electron chi connectivity index (χ1n) is 6.65. The van der Waals surface area contributed by atoms with Crippen LogP contribution in [0.1, 0.15) is 27.2 Å². The van der Waals surface area contributed by atoms with E-state index < -0.39 is 37.0 Å². The molecular formula is C14H19F5O3. The minimum atomic E-state index is -5.58. The third-order valence-electron chi connectivity index (χ3n) is 3.12. The van der Waals surface area contributed by atoms with Crippen LogP contribution in [0.2, 0.25) is 0 Å². The molecule has 1 aliphatic heterocycles. The largest absolute Gasteiger partial charge is 0.449 e. The van der Waals surface area contributed by atoms with Gasteiger partial charge >= 0.3 is 17.9 Å². The highest BCUT2D eigenvalue weighted by molar-refractivity contribution is 5.21. The van der Waals surface area contributed by atoms with Gasteiger partial charge in [-0.1, -0.05) is 17.7 Å². The Kier molecular flexibility index (Phi) is 5.75. The van der Waals surface area contributed by atoms with E-state index >= 15 is 0 Å². The Hall–Kier alpha value is -0.990. The second kappa shape index (κ2) is 6.64. The van der Waals surface area contributed by atoms with Crippen molar-refractivity contribution in [3.8, 4) is 0 Å². The molecule has 0 aromatic rings. The van der Waals surface area contributed by atoms with E-state index in [1.807, 2.05) is 13.8 Å². The second-order valence-electron chi connectivity index (χ2n) is 5.39. The van der Waals surface area contributed by atoms with Crippen molar-refractivity contribution in [1.82, 2.24) is 0 Å². The fourth-order valence-corrected chi connectivity index (χ4v) is 2.05. The number of allylic oxidation sites excluding steroid dienone is 2. The van der Waals surface area contributed by atoms with Crippen LogP contribution in [0.3, 0.4) is 0 Å². The van der Waals surface area contributed by atoms with Crippen LogP contribution in [0, 0.1) is 0 Å². The third-order valence-corrected chi connectivity index (χ3v) is 3.12. The highest BCUT2D eigenvalue weighted by atomic mass is 19.4. The first-order chi connectivity index (χ1) is 9.93. The van der Waals surface area contributed by atoms with Crippen molar-refractivity contribution in [3.05, 3.63) is 23.3 Å². The lowest BCUT2D eigenvalue weighted by molar-refractivity contribution is -0.407. The van der Waals surface area contributed by atoms with E-state index in [1.165, 1.54) is 0 Å². The Balaban J connectivity index is 2.62. The molecule has 1 rings (SSSR count). The summed E-state index contributed by atoms with van der Waals surface area (Å²) in [7, 11) is 0. The lowest BCUT2D eigenvalue weighted by Crippen LogP contribution is -2.56. The van der Waals surface area contributed by atoms with Crippen LogP contribution < -0.4 is 0 Å². The van der Waals surface area contributed by atoms with Gasteiger partial charge in [-0.15, -0.1) is 0 Å². The van der Waals surface area contributed by atoms with Gasteiger partial charge in [-0.3, -0.25) is 0 Å². The highest BCUT2D eigenvalue weighted by Gasteiger charge is 2.75. The van der Waals surface area contributed by atoms with Crippen LogP contribution >= 0.6 is 0 Å². The van der Waals surface area contributed by atoms with Crippen molar-refractivity contribution in [2.24, 2.45) is 0 Å². The second-order valence-corrected chi connectivity index (χ2v) is 5.39. The zero-order valence-corrected chi connectivity index (χ0v) is 12.5. The van der Waals surface area contributed by atoms with Gasteiger partial charge in [-0.05, 0) is 26.3 Å². The molecule has 0 amide bonds. The van der Waals surface area contributed by atoms with Crippen molar-refractivity contribution in [2.75, 3.05) is 13.2 Å². The quantitative estimate of drug-likeness (QED) is 0.618. The smallest absolute Gasteiger partial charge is 0.374 e. The minimum Gasteiger partial charge on any atom is -0.374 e. The van der Waals surface area contributed by atoms with E-state index in [2.05, 4.69) is 4.74 Å². The van der Waals surface area contributed by atoms with Crippen LogP contribution in [-0.2, 0) is 9.47 Å². The zero-order chi connectivity index (χ0) is 17.2. The first kappa shape index (κ1) is 19.1. The van der Waals surface area contributed by atoms with E-state index in [1.54, 1.807) is 19.1 Å². The molecule has 1 heterocycles. The average molecular weight is 330 g/mol. The van der Waals surface area contributed by atoms with E-state index in [4.69, 9.17) is 9.84 Å². The average Bonchev–Trinajstić information content (AvgIpc) is 2.58. The van der Waals surface area contributed by atoms with Crippen LogP contribution in [0.5, 0.6) is 0 Å². The molecule has 2 unspecified atom stereocenters. The molecule has 0 radical (unpaired) electrons. The Morgan fingerprint density at radius 3 is 2.36 bits per heavy atom. The Morgan fingerprint density at radius 2 is 1.95 bits per heavy atom. The van der Waals surface area contributed by atoms with Gasteiger partial charge in [0.1, 0.15) is 0 Å². The van der Waals surface area contributed by atoms with Crippen LogP contribution in [0.15, 0.2) is 23.3 Å². The SMILES string of the molecule is C/C=C(\C=C(C)C)COCC1CC(F)(F)C(O)(C(F)(F)F)O1. The van der Waals surface area contributed by atoms with Gasteiger partial charge in [0, 0.05) is 6.42 Å². The summed E-state index contributed by atoms with van der Waals surface area (Å²) >= 11 is 0. The number of rotatable bonds is 5. The molecule has 1 fully saturated rings. The van der Waals surface area contributed by atoms with Crippen molar-refractivity contribution in [2.45, 2.75) is 51.2 Å². The Labute approximate surface area is 125 Å². The minimum absolute atomic E-state index is 0.0531. The molecule has 1 aliphatic rings. The molecule has 128 valence electrons. The summed E-state index contributed by atoms with van der Waals surface area (Å²) in [5, 5.41) is 9.13. The van der Waals surface area contributed by atoms with Crippen LogP contribution in [0.4, 0.5) is 22.0 Å². The number of alkyl halides is 5. The lowest BCUT2D eigenvalue weighted by atomic mass is 10.1. The van der Waals surface area contributed by atoms with Crippen LogP contribution in [0.25, 0.3) is 0 Å². The molecule has 0 aromatic carbocycles. The normalized spacial score (nSPS) is 28.8. The summed E-state index contributed by atoms with van der Waals surface area (Å²) < 4.78 is 73.7. The van der Waals surface area contributed by atoms with Gasteiger partial charge < -0.3 is 14.6 Å². The molecule has 1 N–H and O–H groups in total. The summed E-state index contributed by atoms with van der Waals surface area (Å²) in [6.45, 7) is 5.04. The molecule has 22 heavy (non-hydrogen) atoms. The Morgan fingerprint density at radius 1 is 1.36 bits per heavy atom. The predicted octanol–water partition coefficient (Wildman–Crippen LogP) is 3.59. The number of ether oxygens (including phenoxy) is 2. The van der Waals surface area contributed by atoms with Crippen molar-refractivity contribution < 1.29 is 36.5 Å².